The summed E-state index contributed by atoms with van der Waals surface area (Å²) in [4.78, 5) is 19.3. The molecule has 3 aromatic rings. The van der Waals surface area contributed by atoms with Crippen LogP contribution >= 0.6 is 0 Å². The number of amides is 1. The first-order chi connectivity index (χ1) is 13.3. The van der Waals surface area contributed by atoms with E-state index in [4.69, 9.17) is 13.9 Å². The van der Waals surface area contributed by atoms with Gasteiger partial charge in [0.15, 0.2) is 17.1 Å². The second kappa shape index (κ2) is 6.50. The van der Waals surface area contributed by atoms with Crippen LogP contribution in [0.2, 0.25) is 0 Å². The zero-order valence-corrected chi connectivity index (χ0v) is 14.7. The van der Waals surface area contributed by atoms with Gasteiger partial charge in [0.2, 0.25) is 0 Å². The Labute approximate surface area is 155 Å². The maximum atomic E-state index is 12.6. The predicted molar refractivity (Wildman–Crippen MR) is 101 cm³/mol. The number of benzene rings is 2. The minimum absolute atomic E-state index is 0.213. The standard InChI is InChI=1S/C20H19N3O4/c24-19(13-3-5-17-18(11-13)26-10-9-25-17)21-14-4-6-16-15(12-14)22-20(27-16)23-7-1-2-8-23/h3-6,11-12H,1-2,7-10H2,(H,21,24). The van der Waals surface area contributed by atoms with Crippen LogP contribution in [-0.4, -0.2) is 37.2 Å². The number of nitrogens with one attached hydrogen (secondary N) is 1. The molecule has 0 unspecified atom stereocenters. The molecule has 1 aromatic heterocycles. The second-order valence-corrected chi connectivity index (χ2v) is 6.69. The number of hydrogen-bond donors (Lipinski definition) is 1. The van der Waals surface area contributed by atoms with E-state index in [1.807, 2.05) is 18.2 Å². The molecule has 0 bridgehead atoms. The molecule has 1 amide bonds. The lowest BCUT2D eigenvalue weighted by atomic mass is 10.1. The summed E-state index contributed by atoms with van der Waals surface area (Å²) in [5.41, 5.74) is 2.63. The Bertz CT molecular complexity index is 1010. The van der Waals surface area contributed by atoms with E-state index in [2.05, 4.69) is 15.2 Å². The minimum atomic E-state index is -0.213. The third-order valence-electron chi connectivity index (χ3n) is 4.82. The van der Waals surface area contributed by atoms with E-state index >= 15 is 0 Å². The Hall–Kier alpha value is -3.22. The van der Waals surface area contributed by atoms with Crippen molar-refractivity contribution in [1.82, 2.24) is 4.98 Å². The second-order valence-electron chi connectivity index (χ2n) is 6.69. The molecule has 5 rings (SSSR count). The smallest absolute Gasteiger partial charge is 0.298 e. The average Bonchev–Trinajstić information content (AvgIpc) is 3.36. The number of anilines is 2. The first-order valence-corrected chi connectivity index (χ1v) is 9.13. The summed E-state index contributed by atoms with van der Waals surface area (Å²) in [6.45, 7) is 2.96. The first kappa shape index (κ1) is 16.0. The van der Waals surface area contributed by atoms with Gasteiger partial charge in [-0.25, -0.2) is 0 Å². The molecular weight excluding hydrogens is 346 g/mol. The van der Waals surface area contributed by atoms with Crippen LogP contribution in [0.3, 0.4) is 0 Å². The summed E-state index contributed by atoms with van der Waals surface area (Å²) >= 11 is 0. The van der Waals surface area contributed by atoms with Crippen molar-refractivity contribution >= 4 is 28.7 Å². The minimum Gasteiger partial charge on any atom is -0.486 e. The highest BCUT2D eigenvalue weighted by Crippen LogP contribution is 2.31. The number of oxazole rings is 1. The molecule has 0 aliphatic carbocycles. The predicted octanol–water partition coefficient (Wildman–Crippen LogP) is 3.45. The fourth-order valence-corrected chi connectivity index (χ4v) is 3.42. The van der Waals surface area contributed by atoms with E-state index in [1.165, 1.54) is 0 Å². The molecule has 27 heavy (non-hydrogen) atoms. The number of fused-ring (bicyclic) bond motifs is 2. The van der Waals surface area contributed by atoms with Crippen molar-refractivity contribution < 1.29 is 18.7 Å². The van der Waals surface area contributed by atoms with Gasteiger partial charge >= 0.3 is 0 Å². The molecular formula is C20H19N3O4. The van der Waals surface area contributed by atoms with Crippen molar-refractivity contribution in [2.24, 2.45) is 0 Å². The fraction of sp³-hybridized carbons (Fsp3) is 0.300. The van der Waals surface area contributed by atoms with Crippen LogP contribution in [-0.2, 0) is 0 Å². The number of rotatable bonds is 3. The average molecular weight is 365 g/mol. The first-order valence-electron chi connectivity index (χ1n) is 9.13. The van der Waals surface area contributed by atoms with E-state index in [0.717, 1.165) is 31.4 Å². The van der Waals surface area contributed by atoms with Gasteiger partial charge in [0, 0.05) is 24.3 Å². The number of nitrogens with zero attached hydrogens (tertiary/aromatic N) is 2. The fourth-order valence-electron chi connectivity index (χ4n) is 3.42. The summed E-state index contributed by atoms with van der Waals surface area (Å²) in [5, 5.41) is 2.91. The van der Waals surface area contributed by atoms with Crippen molar-refractivity contribution in [3.05, 3.63) is 42.0 Å². The van der Waals surface area contributed by atoms with Gasteiger partial charge < -0.3 is 24.1 Å². The van der Waals surface area contributed by atoms with Crippen LogP contribution in [0.1, 0.15) is 23.2 Å². The van der Waals surface area contributed by atoms with Crippen LogP contribution in [0.5, 0.6) is 11.5 Å². The zero-order chi connectivity index (χ0) is 18.2. The molecule has 1 saturated heterocycles. The molecule has 2 aromatic carbocycles. The Morgan fingerprint density at radius 2 is 1.81 bits per heavy atom. The molecule has 0 atom stereocenters. The van der Waals surface area contributed by atoms with Gasteiger partial charge in [-0.1, -0.05) is 0 Å². The summed E-state index contributed by atoms with van der Waals surface area (Å²) < 4.78 is 16.9. The molecule has 3 heterocycles. The van der Waals surface area contributed by atoms with Crippen LogP contribution in [0.25, 0.3) is 11.1 Å². The largest absolute Gasteiger partial charge is 0.486 e. The molecule has 2 aliphatic rings. The zero-order valence-electron chi connectivity index (χ0n) is 14.7. The van der Waals surface area contributed by atoms with Gasteiger partial charge in [-0.3, -0.25) is 4.79 Å². The third kappa shape index (κ3) is 3.05. The van der Waals surface area contributed by atoms with E-state index in [-0.39, 0.29) is 5.91 Å². The van der Waals surface area contributed by atoms with E-state index in [0.29, 0.717) is 47.6 Å². The highest BCUT2D eigenvalue weighted by atomic mass is 16.6. The lowest BCUT2D eigenvalue weighted by Crippen LogP contribution is -2.17. The number of carbonyl (C=O) groups excluding carboxylic acids is 1. The van der Waals surface area contributed by atoms with Gasteiger partial charge in [-0.2, -0.15) is 4.98 Å². The summed E-state index contributed by atoms with van der Waals surface area (Å²) in [6.07, 6.45) is 2.32. The van der Waals surface area contributed by atoms with Gasteiger partial charge in [-0.05, 0) is 49.2 Å². The number of carbonyl (C=O) groups is 1. The molecule has 1 N–H and O–H groups in total. The third-order valence-corrected chi connectivity index (χ3v) is 4.82. The van der Waals surface area contributed by atoms with Gasteiger partial charge in [0.25, 0.3) is 11.9 Å². The van der Waals surface area contributed by atoms with Crippen molar-refractivity contribution in [2.75, 3.05) is 36.5 Å². The molecule has 7 heteroatoms. The quantitative estimate of drug-likeness (QED) is 0.766. The van der Waals surface area contributed by atoms with Crippen molar-refractivity contribution in [3.63, 3.8) is 0 Å². The molecule has 2 aliphatic heterocycles. The maximum Gasteiger partial charge on any atom is 0.298 e. The number of ether oxygens (including phenoxy) is 2. The monoisotopic (exact) mass is 365 g/mol. The van der Waals surface area contributed by atoms with Crippen LogP contribution in [0, 0.1) is 0 Å². The molecule has 7 nitrogen and oxygen atoms in total. The van der Waals surface area contributed by atoms with Crippen LogP contribution in [0.4, 0.5) is 11.7 Å². The van der Waals surface area contributed by atoms with E-state index in [9.17, 15) is 4.79 Å². The van der Waals surface area contributed by atoms with Gasteiger partial charge in [0.05, 0.1) is 0 Å². The topological polar surface area (TPSA) is 76.8 Å². The normalized spacial score (nSPS) is 15.9. The highest BCUT2D eigenvalue weighted by molar-refractivity contribution is 6.05. The highest BCUT2D eigenvalue weighted by Gasteiger charge is 2.19. The number of hydrogen-bond acceptors (Lipinski definition) is 6. The van der Waals surface area contributed by atoms with Crippen molar-refractivity contribution in [2.45, 2.75) is 12.8 Å². The SMILES string of the molecule is O=C(Nc1ccc2oc(N3CCCC3)nc2c1)c1ccc2c(c1)OCCO2. The van der Waals surface area contributed by atoms with Crippen LogP contribution < -0.4 is 19.7 Å². The molecule has 0 radical (unpaired) electrons. The van der Waals surface area contributed by atoms with E-state index < -0.39 is 0 Å². The Balaban J connectivity index is 1.36. The van der Waals surface area contributed by atoms with Gasteiger partial charge in [0.1, 0.15) is 18.7 Å². The van der Waals surface area contributed by atoms with E-state index in [1.54, 1.807) is 18.2 Å². The van der Waals surface area contributed by atoms with Crippen LogP contribution in [0.15, 0.2) is 40.8 Å². The number of aromatic nitrogens is 1. The van der Waals surface area contributed by atoms with Gasteiger partial charge in [-0.15, -0.1) is 0 Å². The Morgan fingerprint density at radius 1 is 1.00 bits per heavy atom. The lowest BCUT2D eigenvalue weighted by Gasteiger charge is -2.18. The molecule has 0 spiro atoms. The van der Waals surface area contributed by atoms with Crippen molar-refractivity contribution in [3.8, 4) is 11.5 Å². The van der Waals surface area contributed by atoms with Crippen molar-refractivity contribution in [1.29, 1.82) is 0 Å². The maximum absolute atomic E-state index is 12.6. The summed E-state index contributed by atoms with van der Waals surface area (Å²) in [6, 6.07) is 11.3. The molecule has 1 fully saturated rings. The Morgan fingerprint density at radius 3 is 2.67 bits per heavy atom. The molecule has 138 valence electrons. The lowest BCUT2D eigenvalue weighted by molar-refractivity contribution is 0.102. The molecule has 0 saturated carbocycles. The Kier molecular flexibility index (Phi) is 3.85. The summed E-state index contributed by atoms with van der Waals surface area (Å²) in [7, 11) is 0. The summed E-state index contributed by atoms with van der Waals surface area (Å²) in [5.74, 6) is 1.04.